The number of amides is 2. The second kappa shape index (κ2) is 12.2. The van der Waals surface area contributed by atoms with Gasteiger partial charge in [-0.25, -0.2) is 4.79 Å². The van der Waals surface area contributed by atoms with E-state index in [1.165, 1.54) is 7.11 Å². The molecule has 1 aromatic rings. The van der Waals surface area contributed by atoms with E-state index in [0.29, 0.717) is 11.3 Å². The largest absolute Gasteiger partial charge is 0.493 e. The van der Waals surface area contributed by atoms with E-state index in [1.807, 2.05) is 6.92 Å². The van der Waals surface area contributed by atoms with E-state index < -0.39 is 18.4 Å². The number of aryl methyl sites for hydroxylation is 1. The lowest BCUT2D eigenvalue weighted by atomic mass is 10.1. The topological polar surface area (TPSA) is 126 Å². The summed E-state index contributed by atoms with van der Waals surface area (Å²) >= 11 is 0. The van der Waals surface area contributed by atoms with Gasteiger partial charge in [-0.05, 0) is 24.6 Å². The van der Waals surface area contributed by atoms with Crippen LogP contribution in [0.25, 0.3) is 0 Å². The van der Waals surface area contributed by atoms with Crippen molar-refractivity contribution < 1.29 is 29.0 Å². The Morgan fingerprint density at radius 2 is 1.73 bits per heavy atom. The molecule has 0 aliphatic heterocycles. The maximum Gasteiger partial charge on any atom is 0.330 e. The van der Waals surface area contributed by atoms with Crippen LogP contribution in [-0.4, -0.2) is 49.6 Å². The van der Waals surface area contributed by atoms with E-state index in [4.69, 9.17) is 9.47 Å². The van der Waals surface area contributed by atoms with Crippen molar-refractivity contribution in [2.75, 3.05) is 26.7 Å². The van der Waals surface area contributed by atoms with Gasteiger partial charge in [-0.15, -0.1) is 0 Å². The van der Waals surface area contributed by atoms with Gasteiger partial charge in [0.1, 0.15) is 6.54 Å². The minimum absolute atomic E-state index is 0. The molecule has 1 rings (SSSR count). The number of aliphatic hydroxyl groups excluding tert-OH is 1. The smallest absolute Gasteiger partial charge is 0.330 e. The van der Waals surface area contributed by atoms with E-state index in [9.17, 15) is 19.5 Å². The molecule has 0 bridgehead atoms. The number of methoxy groups -OCH3 is 1. The van der Waals surface area contributed by atoms with Crippen LogP contribution in [0.15, 0.2) is 12.1 Å². The standard InChI is InChI=1S/C15H22N3O6P.CH4/c1-9-3-10(8-19)15(11(4-9)23-2)24-14(22)7-17-12(20)5-16-13(21)6-18-25;/h3-4,18-19H,5-8,25H2,1-2H3,(H,16,21)(H,17,20);1H4. The fourth-order valence-electron chi connectivity index (χ4n) is 1.91. The number of esters is 1. The Labute approximate surface area is 155 Å². The first-order valence-electron chi connectivity index (χ1n) is 7.37. The zero-order valence-electron chi connectivity index (χ0n) is 14.0. The maximum absolute atomic E-state index is 11.9. The first kappa shape index (κ1) is 23.8. The fourth-order valence-corrected chi connectivity index (χ4v) is 2.10. The molecule has 26 heavy (non-hydrogen) atoms. The van der Waals surface area contributed by atoms with Gasteiger partial charge < -0.3 is 25.2 Å². The summed E-state index contributed by atoms with van der Waals surface area (Å²) in [6, 6.07) is 3.33. The SMILES string of the molecule is C.COc1cc(C)cc(CO)c1OC(=O)CNC(=O)CNC(=O)CNP. The summed E-state index contributed by atoms with van der Waals surface area (Å²) in [5.74, 6) is -1.21. The number of benzene rings is 1. The van der Waals surface area contributed by atoms with Crippen LogP contribution in [0.5, 0.6) is 11.5 Å². The highest BCUT2D eigenvalue weighted by molar-refractivity contribution is 7.13. The molecule has 0 aromatic heterocycles. The van der Waals surface area contributed by atoms with Gasteiger partial charge in [0.2, 0.25) is 11.8 Å². The number of hydrogen-bond acceptors (Lipinski definition) is 7. The molecule has 10 heteroatoms. The van der Waals surface area contributed by atoms with Crippen molar-refractivity contribution >= 4 is 27.2 Å². The Morgan fingerprint density at radius 1 is 1.12 bits per heavy atom. The highest BCUT2D eigenvalue weighted by atomic mass is 31.0. The minimum Gasteiger partial charge on any atom is -0.493 e. The van der Waals surface area contributed by atoms with Gasteiger partial charge in [0.05, 0.1) is 26.8 Å². The van der Waals surface area contributed by atoms with Crippen molar-refractivity contribution in [1.29, 1.82) is 0 Å². The average molecular weight is 387 g/mol. The monoisotopic (exact) mass is 387 g/mol. The second-order valence-electron chi connectivity index (χ2n) is 5.02. The molecule has 0 aliphatic rings. The van der Waals surface area contributed by atoms with Crippen LogP contribution < -0.4 is 25.2 Å². The van der Waals surface area contributed by atoms with Crippen LogP contribution in [0.2, 0.25) is 0 Å². The summed E-state index contributed by atoms with van der Waals surface area (Å²) in [5, 5.41) is 16.7. The molecule has 1 unspecified atom stereocenters. The Bertz CT molecular complexity index is 613. The van der Waals surface area contributed by atoms with Crippen molar-refractivity contribution in [3.05, 3.63) is 23.3 Å². The molecule has 0 saturated heterocycles. The van der Waals surface area contributed by atoms with Gasteiger partial charge in [-0.3, -0.25) is 14.7 Å². The summed E-state index contributed by atoms with van der Waals surface area (Å²) in [4.78, 5) is 34.7. The number of aliphatic hydroxyl groups is 1. The van der Waals surface area contributed by atoms with Crippen molar-refractivity contribution in [2.45, 2.75) is 21.0 Å². The second-order valence-corrected chi connectivity index (χ2v) is 5.43. The minimum atomic E-state index is -0.733. The molecule has 9 nitrogen and oxygen atoms in total. The summed E-state index contributed by atoms with van der Waals surface area (Å²) in [6.45, 7) is 0.890. The lowest BCUT2D eigenvalue weighted by molar-refractivity contribution is -0.135. The van der Waals surface area contributed by atoms with Crippen LogP contribution in [-0.2, 0) is 21.0 Å². The number of ether oxygens (including phenoxy) is 2. The normalized spacial score (nSPS) is 9.69. The molecule has 0 radical (unpaired) electrons. The van der Waals surface area contributed by atoms with E-state index in [1.54, 1.807) is 12.1 Å². The van der Waals surface area contributed by atoms with Crippen LogP contribution in [0.4, 0.5) is 0 Å². The third-order valence-electron chi connectivity index (χ3n) is 3.02. The predicted molar refractivity (Wildman–Crippen MR) is 99.8 cm³/mol. The van der Waals surface area contributed by atoms with E-state index in [-0.39, 0.29) is 38.8 Å². The molecular weight excluding hydrogens is 361 g/mol. The Balaban J connectivity index is 0.00000625. The third kappa shape index (κ3) is 7.77. The predicted octanol–water partition coefficient (Wildman–Crippen LogP) is -0.350. The van der Waals surface area contributed by atoms with Gasteiger partial charge in [-0.1, -0.05) is 16.8 Å². The molecule has 0 spiro atoms. The molecule has 2 amide bonds. The van der Waals surface area contributed by atoms with Crippen LogP contribution in [0, 0.1) is 6.92 Å². The molecule has 1 atom stereocenters. The highest BCUT2D eigenvalue weighted by Gasteiger charge is 2.16. The Hall–Kier alpha value is -2.22. The zero-order valence-corrected chi connectivity index (χ0v) is 15.2. The molecular formula is C16H26N3O6P. The summed E-state index contributed by atoms with van der Waals surface area (Å²) in [7, 11) is 3.58. The number of hydrogen-bond donors (Lipinski definition) is 4. The Morgan fingerprint density at radius 3 is 2.31 bits per heavy atom. The first-order valence-corrected chi connectivity index (χ1v) is 7.94. The maximum atomic E-state index is 11.9. The summed E-state index contributed by atoms with van der Waals surface area (Å²) in [6.07, 6.45) is 0. The molecule has 1 aromatic carbocycles. The van der Waals surface area contributed by atoms with Crippen LogP contribution in [0.3, 0.4) is 0 Å². The Kier molecular flexibility index (Phi) is 11.1. The van der Waals surface area contributed by atoms with Crippen molar-refractivity contribution in [2.24, 2.45) is 0 Å². The van der Waals surface area contributed by atoms with Crippen molar-refractivity contribution in [1.82, 2.24) is 15.7 Å². The van der Waals surface area contributed by atoms with Gasteiger partial charge in [0.25, 0.3) is 0 Å². The lowest BCUT2D eigenvalue weighted by Crippen LogP contribution is -2.41. The number of nitrogens with one attached hydrogen (secondary N) is 3. The van der Waals surface area contributed by atoms with Crippen LogP contribution >= 0.6 is 9.39 Å². The molecule has 4 N–H and O–H groups in total. The molecule has 146 valence electrons. The molecule has 0 fully saturated rings. The van der Waals surface area contributed by atoms with Gasteiger partial charge in [0.15, 0.2) is 11.5 Å². The van der Waals surface area contributed by atoms with Gasteiger partial charge >= 0.3 is 5.97 Å². The lowest BCUT2D eigenvalue weighted by Gasteiger charge is -2.14. The average Bonchev–Trinajstić information content (AvgIpc) is 2.59. The summed E-state index contributed by atoms with van der Waals surface area (Å²) < 4.78 is 10.3. The number of carbonyl (C=O) groups is 3. The molecule has 0 saturated carbocycles. The van der Waals surface area contributed by atoms with Crippen LogP contribution in [0.1, 0.15) is 18.6 Å². The van der Waals surface area contributed by atoms with Crippen molar-refractivity contribution in [3.63, 3.8) is 0 Å². The van der Waals surface area contributed by atoms with Gasteiger partial charge in [0, 0.05) is 5.56 Å². The van der Waals surface area contributed by atoms with E-state index in [2.05, 4.69) is 25.1 Å². The number of rotatable bonds is 9. The molecule has 0 aliphatic carbocycles. The summed E-state index contributed by atoms with van der Waals surface area (Å²) in [5.41, 5.74) is 1.23. The first-order chi connectivity index (χ1) is 11.9. The van der Waals surface area contributed by atoms with Crippen molar-refractivity contribution in [3.8, 4) is 11.5 Å². The zero-order chi connectivity index (χ0) is 18.8. The molecule has 0 heterocycles. The number of carbonyl (C=O) groups excluding carboxylic acids is 3. The fraction of sp³-hybridized carbons (Fsp3) is 0.438. The van der Waals surface area contributed by atoms with E-state index in [0.717, 1.165) is 5.56 Å². The van der Waals surface area contributed by atoms with E-state index >= 15 is 0 Å². The highest BCUT2D eigenvalue weighted by Crippen LogP contribution is 2.32. The van der Waals surface area contributed by atoms with Gasteiger partial charge in [-0.2, -0.15) is 0 Å². The third-order valence-corrected chi connectivity index (χ3v) is 3.23. The quantitative estimate of drug-likeness (QED) is 0.259.